The number of carbonyl (C=O) groups excluding carboxylic acids is 2. The summed E-state index contributed by atoms with van der Waals surface area (Å²) in [4.78, 5) is 27.4. The van der Waals surface area contributed by atoms with E-state index in [2.05, 4.69) is 21.2 Å². The summed E-state index contributed by atoms with van der Waals surface area (Å²) < 4.78 is 20.0. The predicted molar refractivity (Wildman–Crippen MR) is 131 cm³/mol. The Kier molecular flexibility index (Phi) is 8.44. The van der Waals surface area contributed by atoms with Crippen molar-refractivity contribution in [2.24, 2.45) is 0 Å². The van der Waals surface area contributed by atoms with E-state index in [4.69, 9.17) is 4.74 Å². The molecule has 2 amide bonds. The molecule has 3 aromatic carbocycles. The molecular weight excluding hydrogens is 487 g/mol. The first-order valence-electron chi connectivity index (χ1n) is 10.9. The lowest BCUT2D eigenvalue weighted by atomic mass is 10.1. The Morgan fingerprint density at radius 3 is 2.45 bits per heavy atom. The summed E-state index contributed by atoms with van der Waals surface area (Å²) in [5, 5.41) is 4.95. The smallest absolute Gasteiger partial charge is 0.261 e. The molecule has 0 unspecified atom stereocenters. The van der Waals surface area contributed by atoms with E-state index in [1.54, 1.807) is 19.1 Å². The van der Waals surface area contributed by atoms with Crippen LogP contribution >= 0.6 is 15.9 Å². The molecule has 0 fully saturated rings. The maximum absolute atomic E-state index is 13.3. The van der Waals surface area contributed by atoms with Crippen LogP contribution in [0.25, 0.3) is 10.8 Å². The average molecular weight is 515 g/mol. The van der Waals surface area contributed by atoms with Crippen LogP contribution in [0.1, 0.15) is 32.8 Å². The lowest BCUT2D eigenvalue weighted by molar-refractivity contribution is -0.142. The molecule has 3 rings (SSSR count). The number of fused-ring (bicyclic) bond motifs is 1. The minimum absolute atomic E-state index is 0.00692. The minimum Gasteiger partial charge on any atom is -0.483 e. The molecular formula is C26H28BrFN2O3. The van der Waals surface area contributed by atoms with Gasteiger partial charge >= 0.3 is 0 Å². The molecule has 2 atom stereocenters. The monoisotopic (exact) mass is 514 g/mol. The number of halogens is 2. The molecule has 0 radical (unpaired) electrons. The first kappa shape index (κ1) is 24.7. The van der Waals surface area contributed by atoms with Crippen LogP contribution in [0.15, 0.2) is 65.1 Å². The third kappa shape index (κ3) is 6.32. The Labute approximate surface area is 202 Å². The summed E-state index contributed by atoms with van der Waals surface area (Å²) in [7, 11) is 0. The van der Waals surface area contributed by atoms with Crippen molar-refractivity contribution in [3.63, 3.8) is 0 Å². The second-order valence-electron chi connectivity index (χ2n) is 8.03. The Bertz CT molecular complexity index is 1120. The van der Waals surface area contributed by atoms with E-state index in [0.29, 0.717) is 5.75 Å². The van der Waals surface area contributed by atoms with Crippen LogP contribution in [-0.4, -0.2) is 35.4 Å². The van der Waals surface area contributed by atoms with Gasteiger partial charge in [-0.2, -0.15) is 0 Å². The number of amides is 2. The molecule has 0 bridgehead atoms. The average Bonchev–Trinajstić information content (AvgIpc) is 2.82. The molecule has 0 saturated heterocycles. The van der Waals surface area contributed by atoms with Gasteiger partial charge in [-0.3, -0.25) is 9.59 Å². The van der Waals surface area contributed by atoms with Gasteiger partial charge in [0.1, 0.15) is 17.6 Å². The fraction of sp³-hybridized carbons (Fsp3) is 0.308. The number of hydrogen-bond acceptors (Lipinski definition) is 3. The molecule has 33 heavy (non-hydrogen) atoms. The van der Waals surface area contributed by atoms with Crippen LogP contribution in [0, 0.1) is 5.82 Å². The third-order valence-electron chi connectivity index (χ3n) is 5.61. The lowest BCUT2D eigenvalue weighted by Gasteiger charge is -2.29. The highest BCUT2D eigenvalue weighted by Gasteiger charge is 2.27. The van der Waals surface area contributed by atoms with Gasteiger partial charge in [-0.25, -0.2) is 4.39 Å². The summed E-state index contributed by atoms with van der Waals surface area (Å²) in [6, 6.07) is 16.8. The van der Waals surface area contributed by atoms with Crippen molar-refractivity contribution in [3.05, 3.63) is 76.5 Å². The number of rotatable bonds is 9. The van der Waals surface area contributed by atoms with Gasteiger partial charge in [0, 0.05) is 12.6 Å². The van der Waals surface area contributed by atoms with Crippen LogP contribution in [0.3, 0.4) is 0 Å². The van der Waals surface area contributed by atoms with Crippen molar-refractivity contribution in [2.75, 3.05) is 6.61 Å². The van der Waals surface area contributed by atoms with E-state index < -0.39 is 6.04 Å². The predicted octanol–water partition coefficient (Wildman–Crippen LogP) is 5.45. The highest BCUT2D eigenvalue weighted by atomic mass is 79.9. The number of nitrogens with one attached hydrogen (secondary N) is 1. The molecule has 0 aliphatic carbocycles. The third-order valence-corrected chi connectivity index (χ3v) is 6.43. The maximum Gasteiger partial charge on any atom is 0.261 e. The highest BCUT2D eigenvalue weighted by Crippen LogP contribution is 2.33. The maximum atomic E-state index is 13.3. The molecule has 7 heteroatoms. The van der Waals surface area contributed by atoms with E-state index in [1.807, 2.05) is 50.2 Å². The highest BCUT2D eigenvalue weighted by molar-refractivity contribution is 9.10. The van der Waals surface area contributed by atoms with E-state index in [9.17, 15) is 14.0 Å². The van der Waals surface area contributed by atoms with E-state index in [0.717, 1.165) is 27.2 Å². The summed E-state index contributed by atoms with van der Waals surface area (Å²) in [6.07, 6.45) is 0.781. The van der Waals surface area contributed by atoms with Crippen molar-refractivity contribution in [2.45, 2.75) is 45.8 Å². The van der Waals surface area contributed by atoms with Crippen LogP contribution in [0.4, 0.5) is 4.39 Å². The molecule has 174 valence electrons. The van der Waals surface area contributed by atoms with E-state index in [1.165, 1.54) is 17.0 Å². The number of carbonyl (C=O) groups is 2. The number of hydrogen-bond donors (Lipinski definition) is 1. The van der Waals surface area contributed by atoms with Crippen LogP contribution in [0.5, 0.6) is 5.75 Å². The summed E-state index contributed by atoms with van der Waals surface area (Å²) >= 11 is 3.57. The topological polar surface area (TPSA) is 58.6 Å². The zero-order chi connectivity index (χ0) is 24.0. The molecule has 5 nitrogen and oxygen atoms in total. The van der Waals surface area contributed by atoms with Crippen LogP contribution in [0.2, 0.25) is 0 Å². The first-order valence-corrected chi connectivity index (χ1v) is 11.7. The molecule has 0 aromatic heterocycles. The Hall–Kier alpha value is -2.93. The second kappa shape index (κ2) is 11.3. The first-order chi connectivity index (χ1) is 15.8. The second-order valence-corrected chi connectivity index (χ2v) is 8.82. The molecule has 1 N–H and O–H groups in total. The van der Waals surface area contributed by atoms with Crippen molar-refractivity contribution in [1.29, 1.82) is 0 Å². The summed E-state index contributed by atoms with van der Waals surface area (Å²) in [6.45, 7) is 5.50. The van der Waals surface area contributed by atoms with E-state index >= 15 is 0 Å². The normalized spacial score (nSPS) is 12.8. The largest absolute Gasteiger partial charge is 0.483 e. The molecule has 0 aliphatic rings. The SMILES string of the molecule is CC[C@H](C)NC(=O)[C@@H](C)N(Cc1ccc(F)cc1)C(=O)COc1ccc2ccccc2c1Br. The van der Waals surface area contributed by atoms with Crippen LogP contribution in [-0.2, 0) is 16.1 Å². The molecule has 0 spiro atoms. The minimum atomic E-state index is -0.722. The summed E-state index contributed by atoms with van der Waals surface area (Å²) in [5.74, 6) is -0.401. The van der Waals surface area contributed by atoms with Gasteiger partial charge < -0.3 is 15.0 Å². The fourth-order valence-electron chi connectivity index (χ4n) is 3.38. The molecule has 3 aromatic rings. The Morgan fingerprint density at radius 1 is 1.06 bits per heavy atom. The Balaban J connectivity index is 1.78. The fourth-order valence-corrected chi connectivity index (χ4v) is 3.99. The number of nitrogens with zero attached hydrogens (tertiary/aromatic N) is 1. The quantitative estimate of drug-likeness (QED) is 0.412. The molecule has 0 saturated carbocycles. The van der Waals surface area contributed by atoms with Gasteiger partial charge in [-0.05, 0) is 70.7 Å². The van der Waals surface area contributed by atoms with Gasteiger partial charge in [0.25, 0.3) is 5.91 Å². The summed E-state index contributed by atoms with van der Waals surface area (Å²) in [5.41, 5.74) is 0.722. The van der Waals surface area contributed by atoms with Gasteiger partial charge in [0.15, 0.2) is 6.61 Å². The van der Waals surface area contributed by atoms with E-state index in [-0.39, 0.29) is 36.8 Å². The van der Waals surface area contributed by atoms with Gasteiger partial charge in [-0.1, -0.05) is 49.4 Å². The zero-order valence-electron chi connectivity index (χ0n) is 19.0. The Morgan fingerprint density at radius 2 is 1.76 bits per heavy atom. The number of ether oxygens (including phenoxy) is 1. The molecule has 0 aliphatic heterocycles. The van der Waals surface area contributed by atoms with Crippen molar-refractivity contribution >= 4 is 38.5 Å². The number of benzene rings is 3. The van der Waals surface area contributed by atoms with Gasteiger partial charge in [0.05, 0.1) is 4.47 Å². The van der Waals surface area contributed by atoms with Crippen molar-refractivity contribution < 1.29 is 18.7 Å². The standard InChI is InChI=1S/C26H28BrFN2O3/c1-4-17(2)29-26(32)18(3)30(15-19-9-12-21(28)13-10-19)24(31)16-33-23-14-11-20-7-5-6-8-22(20)25(23)27/h5-14,17-18H,4,15-16H2,1-3H3,(H,29,32)/t17-,18+/m0/s1. The zero-order valence-corrected chi connectivity index (χ0v) is 20.6. The van der Waals surface area contributed by atoms with Gasteiger partial charge in [-0.15, -0.1) is 0 Å². The lowest BCUT2D eigenvalue weighted by Crippen LogP contribution is -2.50. The van der Waals surface area contributed by atoms with Crippen molar-refractivity contribution in [1.82, 2.24) is 10.2 Å². The molecule has 0 heterocycles. The van der Waals surface area contributed by atoms with Crippen molar-refractivity contribution in [3.8, 4) is 5.75 Å². The van der Waals surface area contributed by atoms with Crippen LogP contribution < -0.4 is 10.1 Å². The van der Waals surface area contributed by atoms with Gasteiger partial charge in [0.2, 0.25) is 5.91 Å².